The molecule has 0 heterocycles. The van der Waals surface area contributed by atoms with Gasteiger partial charge in [-0.1, -0.05) is 12.1 Å². The largest absolute Gasteiger partial charge is 0.335 e. The number of nitrogens with one attached hydrogen (secondary N) is 2. The van der Waals surface area contributed by atoms with Crippen LogP contribution in [0.5, 0.6) is 0 Å². The Morgan fingerprint density at radius 1 is 1.06 bits per heavy atom. The lowest BCUT2D eigenvalue weighted by Crippen LogP contribution is -3.17. The second-order valence-electron chi connectivity index (χ2n) is 4.61. The van der Waals surface area contributed by atoms with Gasteiger partial charge in [0, 0.05) is 5.56 Å². The van der Waals surface area contributed by atoms with Gasteiger partial charge < -0.3 is 9.80 Å². The molecule has 0 spiro atoms. The molecule has 0 fully saturated rings. The number of hydrogen-bond acceptors (Lipinski definition) is 0. The van der Waals surface area contributed by atoms with Crippen LogP contribution in [-0.4, -0.2) is 33.7 Å². The number of rotatable bonds is 6. The van der Waals surface area contributed by atoms with Gasteiger partial charge in [0.05, 0.1) is 20.6 Å². The zero-order chi connectivity index (χ0) is 12.0. The second-order valence-corrected chi connectivity index (χ2v) is 4.61. The van der Waals surface area contributed by atoms with Gasteiger partial charge in [-0.15, -0.1) is 0 Å². The molecule has 2 N–H and O–H groups in total. The van der Waals surface area contributed by atoms with Crippen molar-refractivity contribution in [2.24, 2.45) is 0 Å². The van der Waals surface area contributed by atoms with Gasteiger partial charge in [-0.2, -0.15) is 0 Å². The Morgan fingerprint density at radius 2 is 1.69 bits per heavy atom. The molecule has 0 aliphatic carbocycles. The van der Waals surface area contributed by atoms with Crippen LogP contribution in [0.25, 0.3) is 0 Å². The van der Waals surface area contributed by atoms with E-state index >= 15 is 0 Å². The first kappa shape index (κ1) is 13.1. The van der Waals surface area contributed by atoms with Crippen LogP contribution < -0.4 is 9.80 Å². The van der Waals surface area contributed by atoms with Crippen molar-refractivity contribution in [2.45, 2.75) is 13.5 Å². The molecule has 0 saturated heterocycles. The van der Waals surface area contributed by atoms with E-state index in [4.69, 9.17) is 0 Å². The topological polar surface area (TPSA) is 8.88 Å². The quantitative estimate of drug-likeness (QED) is 0.639. The third-order valence-electron chi connectivity index (χ3n) is 2.85. The molecule has 1 unspecified atom stereocenters. The average molecular weight is 226 g/mol. The van der Waals surface area contributed by atoms with E-state index in [0.29, 0.717) is 0 Å². The summed E-state index contributed by atoms with van der Waals surface area (Å²) in [4.78, 5) is 3.03. The summed E-state index contributed by atoms with van der Waals surface area (Å²) in [5.74, 6) is -0.153. The van der Waals surface area contributed by atoms with Crippen LogP contribution >= 0.6 is 0 Å². The molecule has 0 saturated carbocycles. The van der Waals surface area contributed by atoms with E-state index in [0.717, 1.165) is 19.6 Å². The number of quaternary nitrogens is 2. The van der Waals surface area contributed by atoms with Gasteiger partial charge in [0.15, 0.2) is 0 Å². The summed E-state index contributed by atoms with van der Waals surface area (Å²) in [6.45, 7) is 6.64. The molecule has 2 nitrogen and oxygen atoms in total. The first-order valence-electron chi connectivity index (χ1n) is 5.99. The van der Waals surface area contributed by atoms with Crippen LogP contribution in [0.15, 0.2) is 24.3 Å². The highest BCUT2D eigenvalue weighted by atomic mass is 19.1. The van der Waals surface area contributed by atoms with Crippen molar-refractivity contribution < 1.29 is 14.2 Å². The number of likely N-dealkylation sites (N-methyl/N-ethyl adjacent to an activating group) is 2. The Morgan fingerprint density at radius 3 is 2.19 bits per heavy atom. The van der Waals surface area contributed by atoms with Crippen LogP contribution in [0.1, 0.15) is 12.5 Å². The molecule has 3 heteroatoms. The maximum atomic E-state index is 12.7. The van der Waals surface area contributed by atoms with Crippen molar-refractivity contribution in [3.8, 4) is 0 Å². The zero-order valence-corrected chi connectivity index (χ0v) is 10.5. The first-order chi connectivity index (χ1) is 7.61. The van der Waals surface area contributed by atoms with E-state index in [1.165, 1.54) is 17.0 Å². The van der Waals surface area contributed by atoms with Crippen LogP contribution in [0, 0.1) is 5.82 Å². The highest BCUT2D eigenvalue weighted by molar-refractivity contribution is 5.14. The van der Waals surface area contributed by atoms with Gasteiger partial charge in [0.25, 0.3) is 0 Å². The van der Waals surface area contributed by atoms with E-state index in [9.17, 15) is 4.39 Å². The molecular weight excluding hydrogens is 203 g/mol. The monoisotopic (exact) mass is 226 g/mol. The zero-order valence-electron chi connectivity index (χ0n) is 10.5. The van der Waals surface area contributed by atoms with Crippen LogP contribution in [-0.2, 0) is 6.54 Å². The lowest BCUT2D eigenvalue weighted by atomic mass is 10.2. The maximum absolute atomic E-state index is 12.7. The molecular formula is C13H23FN2+2. The fraction of sp³-hybridized carbons (Fsp3) is 0.538. The molecule has 1 rings (SSSR count). The SMILES string of the molecule is CC[NH+](CC[NH+](C)C)Cc1ccc(F)cc1. The minimum absolute atomic E-state index is 0.153. The van der Waals surface area contributed by atoms with Crippen molar-refractivity contribution in [3.05, 3.63) is 35.6 Å². The molecule has 0 aromatic heterocycles. The van der Waals surface area contributed by atoms with Gasteiger partial charge in [-0.3, -0.25) is 0 Å². The van der Waals surface area contributed by atoms with Crippen LogP contribution in [0.2, 0.25) is 0 Å². The molecule has 0 aliphatic rings. The average Bonchev–Trinajstić information content (AvgIpc) is 2.26. The second kappa shape index (κ2) is 6.61. The summed E-state index contributed by atoms with van der Waals surface area (Å²) in [5, 5.41) is 0. The highest BCUT2D eigenvalue weighted by Gasteiger charge is 2.08. The molecule has 0 bridgehead atoms. The lowest BCUT2D eigenvalue weighted by molar-refractivity contribution is -0.949. The summed E-state index contributed by atoms with van der Waals surface area (Å²) in [6, 6.07) is 6.85. The van der Waals surface area contributed by atoms with E-state index in [1.54, 1.807) is 17.0 Å². The van der Waals surface area contributed by atoms with Crippen molar-refractivity contribution in [2.75, 3.05) is 33.7 Å². The van der Waals surface area contributed by atoms with Crippen molar-refractivity contribution in [1.82, 2.24) is 0 Å². The Balaban J connectivity index is 2.46. The predicted octanol–water partition coefficient (Wildman–Crippen LogP) is -0.625. The first-order valence-corrected chi connectivity index (χ1v) is 5.99. The van der Waals surface area contributed by atoms with Crippen LogP contribution in [0.3, 0.4) is 0 Å². The van der Waals surface area contributed by atoms with E-state index in [1.807, 2.05) is 12.1 Å². The van der Waals surface area contributed by atoms with Crippen molar-refractivity contribution in [3.63, 3.8) is 0 Å². The Labute approximate surface area is 97.7 Å². The lowest BCUT2D eigenvalue weighted by Gasteiger charge is -2.18. The summed E-state index contributed by atoms with van der Waals surface area (Å²) in [6.07, 6.45) is 0. The normalized spacial score (nSPS) is 13.1. The van der Waals surface area contributed by atoms with Gasteiger partial charge in [-0.25, -0.2) is 4.39 Å². The minimum Gasteiger partial charge on any atom is -0.335 e. The van der Waals surface area contributed by atoms with Crippen molar-refractivity contribution >= 4 is 0 Å². The van der Waals surface area contributed by atoms with Gasteiger partial charge in [-0.05, 0) is 19.1 Å². The van der Waals surface area contributed by atoms with E-state index < -0.39 is 0 Å². The third kappa shape index (κ3) is 4.73. The summed E-state index contributed by atoms with van der Waals surface area (Å²) in [7, 11) is 4.34. The number of hydrogen-bond donors (Lipinski definition) is 2. The van der Waals surface area contributed by atoms with Gasteiger partial charge in [0.1, 0.15) is 25.5 Å². The fourth-order valence-electron chi connectivity index (χ4n) is 1.71. The molecule has 0 aliphatic heterocycles. The molecule has 1 aromatic carbocycles. The van der Waals surface area contributed by atoms with Gasteiger partial charge >= 0.3 is 0 Å². The molecule has 1 atom stereocenters. The molecule has 16 heavy (non-hydrogen) atoms. The summed E-state index contributed by atoms with van der Waals surface area (Å²) < 4.78 is 12.7. The fourth-order valence-corrected chi connectivity index (χ4v) is 1.71. The maximum Gasteiger partial charge on any atom is 0.127 e. The molecule has 1 aromatic rings. The third-order valence-corrected chi connectivity index (χ3v) is 2.85. The predicted molar refractivity (Wildman–Crippen MR) is 64.2 cm³/mol. The standard InChI is InChI=1S/C13H21FN2/c1-4-16(10-9-15(2)3)11-12-5-7-13(14)8-6-12/h5-8H,4,9-11H2,1-3H3/p+2. The summed E-state index contributed by atoms with van der Waals surface area (Å²) in [5.41, 5.74) is 1.21. The van der Waals surface area contributed by atoms with Crippen LogP contribution in [0.4, 0.5) is 4.39 Å². The number of halogens is 1. The molecule has 90 valence electrons. The highest BCUT2D eigenvalue weighted by Crippen LogP contribution is 2.00. The molecule has 0 radical (unpaired) electrons. The molecule has 0 amide bonds. The Kier molecular flexibility index (Phi) is 5.43. The van der Waals surface area contributed by atoms with E-state index in [2.05, 4.69) is 21.0 Å². The van der Waals surface area contributed by atoms with Gasteiger partial charge in [0.2, 0.25) is 0 Å². The minimum atomic E-state index is -0.153. The number of benzene rings is 1. The summed E-state index contributed by atoms with van der Waals surface area (Å²) >= 11 is 0. The van der Waals surface area contributed by atoms with E-state index in [-0.39, 0.29) is 5.82 Å². The Hall–Kier alpha value is -0.930. The Bertz CT molecular complexity index is 295. The van der Waals surface area contributed by atoms with Crippen molar-refractivity contribution in [1.29, 1.82) is 0 Å². The smallest absolute Gasteiger partial charge is 0.127 e.